The fraction of sp³-hybridized carbons (Fsp3) is 0.688. The van der Waals surface area contributed by atoms with E-state index in [4.69, 9.17) is 4.52 Å². The van der Waals surface area contributed by atoms with Gasteiger partial charge in [0.25, 0.3) is 0 Å². The van der Waals surface area contributed by atoms with Crippen molar-refractivity contribution in [3.05, 3.63) is 29.9 Å². The van der Waals surface area contributed by atoms with Crippen LogP contribution >= 0.6 is 0 Å². The largest absolute Gasteiger partial charge is 0.340 e. The maximum Gasteiger partial charge on any atom is 0.223 e. The zero-order valence-corrected chi connectivity index (χ0v) is 14.5. The first kappa shape index (κ1) is 17.0. The predicted molar refractivity (Wildman–Crippen MR) is 87.0 cm³/mol. The maximum atomic E-state index is 13.9. The van der Waals surface area contributed by atoms with Gasteiger partial charge in [-0.3, -0.25) is 9.80 Å². The molecule has 0 bridgehead atoms. The van der Waals surface area contributed by atoms with Gasteiger partial charge in [-0.25, -0.2) is 9.37 Å². The molecule has 0 saturated carbocycles. The van der Waals surface area contributed by atoms with Gasteiger partial charge in [0.2, 0.25) is 5.89 Å². The molecule has 2 atom stereocenters. The normalized spacial score (nSPS) is 21.9. The van der Waals surface area contributed by atoms with E-state index in [-0.39, 0.29) is 6.04 Å². The molecule has 8 heteroatoms. The second-order valence-corrected chi connectivity index (χ2v) is 6.47. The van der Waals surface area contributed by atoms with Crippen LogP contribution in [-0.4, -0.2) is 61.8 Å². The highest BCUT2D eigenvalue weighted by molar-refractivity contribution is 4.95. The molecule has 2 aromatic heterocycles. The smallest absolute Gasteiger partial charge is 0.223 e. The van der Waals surface area contributed by atoms with Gasteiger partial charge in [0.15, 0.2) is 5.82 Å². The SMILES string of the molecule is CCn1ccnc1CN(C)C[C@@H]1C[C@H](F)CN1Cc1noc(C)n1. The van der Waals surface area contributed by atoms with Gasteiger partial charge in [-0.1, -0.05) is 5.16 Å². The molecule has 0 N–H and O–H groups in total. The minimum atomic E-state index is -0.797. The van der Waals surface area contributed by atoms with Crippen LogP contribution in [0.2, 0.25) is 0 Å². The summed E-state index contributed by atoms with van der Waals surface area (Å²) in [4.78, 5) is 12.9. The van der Waals surface area contributed by atoms with E-state index in [9.17, 15) is 4.39 Å². The molecule has 0 aromatic carbocycles. The lowest BCUT2D eigenvalue weighted by Crippen LogP contribution is -2.38. The number of nitrogens with zero attached hydrogens (tertiary/aromatic N) is 6. The van der Waals surface area contributed by atoms with E-state index in [0.29, 0.717) is 31.2 Å². The number of hydrogen-bond donors (Lipinski definition) is 0. The maximum absolute atomic E-state index is 13.9. The van der Waals surface area contributed by atoms with E-state index in [1.165, 1.54) is 0 Å². The number of likely N-dealkylation sites (tertiary alicyclic amines) is 1. The molecule has 7 nitrogen and oxygen atoms in total. The summed E-state index contributed by atoms with van der Waals surface area (Å²) in [7, 11) is 2.05. The third kappa shape index (κ3) is 3.99. The van der Waals surface area contributed by atoms with Crippen LogP contribution in [0.1, 0.15) is 30.9 Å². The minimum Gasteiger partial charge on any atom is -0.340 e. The molecule has 1 aliphatic rings. The number of aromatic nitrogens is 4. The molecule has 0 spiro atoms. The molecule has 2 aromatic rings. The Labute approximate surface area is 141 Å². The summed E-state index contributed by atoms with van der Waals surface area (Å²) in [6.45, 7) is 7.26. The van der Waals surface area contributed by atoms with Crippen LogP contribution in [0, 0.1) is 6.92 Å². The molecular formula is C16H25FN6O. The zero-order valence-electron chi connectivity index (χ0n) is 14.5. The summed E-state index contributed by atoms with van der Waals surface area (Å²) in [6.07, 6.45) is 3.56. The van der Waals surface area contributed by atoms with Crippen molar-refractivity contribution in [2.45, 2.75) is 52.1 Å². The highest BCUT2D eigenvalue weighted by atomic mass is 19.1. The summed E-state index contributed by atoms with van der Waals surface area (Å²) in [6, 6.07) is 0.147. The third-order valence-electron chi connectivity index (χ3n) is 4.47. The van der Waals surface area contributed by atoms with Gasteiger partial charge in [0.05, 0.1) is 13.1 Å². The van der Waals surface area contributed by atoms with E-state index in [0.717, 1.165) is 25.5 Å². The van der Waals surface area contributed by atoms with Crippen LogP contribution in [0.4, 0.5) is 4.39 Å². The standard InChI is InChI=1S/C16H25FN6O/c1-4-22-6-5-18-16(22)11-21(3)9-14-7-13(17)8-23(14)10-15-19-12(2)24-20-15/h5-6,13-14H,4,7-11H2,1-3H3/t13-,14-/m0/s1. The van der Waals surface area contributed by atoms with Gasteiger partial charge in [-0.15, -0.1) is 0 Å². The molecule has 1 saturated heterocycles. The van der Waals surface area contributed by atoms with Crippen LogP contribution in [0.5, 0.6) is 0 Å². The van der Waals surface area contributed by atoms with E-state index < -0.39 is 6.17 Å². The van der Waals surface area contributed by atoms with Gasteiger partial charge >= 0.3 is 0 Å². The zero-order chi connectivity index (χ0) is 17.1. The van der Waals surface area contributed by atoms with Crippen molar-refractivity contribution in [2.24, 2.45) is 0 Å². The lowest BCUT2D eigenvalue weighted by molar-refractivity contribution is 0.173. The quantitative estimate of drug-likeness (QED) is 0.766. The molecule has 0 amide bonds. The number of halogens is 1. The van der Waals surface area contributed by atoms with E-state index >= 15 is 0 Å². The molecule has 3 rings (SSSR count). The Bertz CT molecular complexity index is 657. The Kier molecular flexibility index (Phi) is 5.25. The van der Waals surface area contributed by atoms with Gasteiger partial charge in [0, 0.05) is 45.0 Å². The number of imidazole rings is 1. The Morgan fingerprint density at radius 1 is 1.46 bits per heavy atom. The van der Waals surface area contributed by atoms with Crippen LogP contribution in [-0.2, 0) is 19.6 Å². The molecule has 132 valence electrons. The minimum absolute atomic E-state index is 0.147. The first-order valence-corrected chi connectivity index (χ1v) is 8.41. The number of aryl methyl sites for hydroxylation is 2. The fourth-order valence-corrected chi connectivity index (χ4v) is 3.34. The fourth-order valence-electron chi connectivity index (χ4n) is 3.34. The van der Waals surface area contributed by atoms with Crippen molar-refractivity contribution in [1.29, 1.82) is 0 Å². The van der Waals surface area contributed by atoms with Crippen molar-refractivity contribution >= 4 is 0 Å². The summed E-state index contributed by atoms with van der Waals surface area (Å²) in [5.41, 5.74) is 0. The highest BCUT2D eigenvalue weighted by Crippen LogP contribution is 2.23. The lowest BCUT2D eigenvalue weighted by Gasteiger charge is -2.27. The highest BCUT2D eigenvalue weighted by Gasteiger charge is 2.33. The Morgan fingerprint density at radius 2 is 2.29 bits per heavy atom. The average Bonchev–Trinajstić information content (AvgIpc) is 3.22. The number of rotatable bonds is 7. The predicted octanol–water partition coefficient (Wildman–Crippen LogP) is 1.64. The number of alkyl halides is 1. The van der Waals surface area contributed by atoms with Crippen LogP contribution in [0.15, 0.2) is 16.9 Å². The molecule has 3 heterocycles. The van der Waals surface area contributed by atoms with Gasteiger partial charge in [-0.05, 0) is 20.4 Å². The first-order valence-electron chi connectivity index (χ1n) is 8.41. The van der Waals surface area contributed by atoms with Gasteiger partial charge < -0.3 is 9.09 Å². The Hall–Kier alpha value is -1.80. The molecule has 0 unspecified atom stereocenters. The van der Waals surface area contributed by atoms with E-state index in [2.05, 4.69) is 43.5 Å². The lowest BCUT2D eigenvalue weighted by atomic mass is 10.2. The summed E-state index contributed by atoms with van der Waals surface area (Å²) >= 11 is 0. The van der Waals surface area contributed by atoms with Crippen molar-refractivity contribution < 1.29 is 8.91 Å². The topological polar surface area (TPSA) is 63.2 Å². The average molecular weight is 336 g/mol. The van der Waals surface area contributed by atoms with Crippen molar-refractivity contribution in [1.82, 2.24) is 29.5 Å². The number of hydrogen-bond acceptors (Lipinski definition) is 6. The second-order valence-electron chi connectivity index (χ2n) is 6.47. The van der Waals surface area contributed by atoms with E-state index in [1.54, 1.807) is 6.92 Å². The molecular weight excluding hydrogens is 311 g/mol. The van der Waals surface area contributed by atoms with Crippen LogP contribution in [0.25, 0.3) is 0 Å². The van der Waals surface area contributed by atoms with Crippen molar-refractivity contribution in [2.75, 3.05) is 20.1 Å². The molecule has 1 fully saturated rings. The third-order valence-corrected chi connectivity index (χ3v) is 4.47. The first-order chi connectivity index (χ1) is 11.5. The van der Waals surface area contributed by atoms with Gasteiger partial charge in [-0.2, -0.15) is 4.98 Å². The van der Waals surface area contributed by atoms with Crippen molar-refractivity contribution in [3.63, 3.8) is 0 Å². The summed E-state index contributed by atoms with van der Waals surface area (Å²) in [5, 5.41) is 3.92. The second kappa shape index (κ2) is 7.40. The monoisotopic (exact) mass is 336 g/mol. The molecule has 24 heavy (non-hydrogen) atoms. The van der Waals surface area contributed by atoms with Crippen LogP contribution < -0.4 is 0 Å². The molecule has 0 aliphatic carbocycles. The summed E-state index contributed by atoms with van der Waals surface area (Å²) < 4.78 is 21.1. The number of likely N-dealkylation sites (N-methyl/N-ethyl adjacent to an activating group) is 1. The molecule has 0 radical (unpaired) electrons. The molecule has 1 aliphatic heterocycles. The van der Waals surface area contributed by atoms with Crippen molar-refractivity contribution in [3.8, 4) is 0 Å². The van der Waals surface area contributed by atoms with Crippen LogP contribution in [0.3, 0.4) is 0 Å². The Morgan fingerprint density at radius 3 is 3.00 bits per heavy atom. The summed E-state index contributed by atoms with van der Waals surface area (Å²) in [5.74, 6) is 2.20. The van der Waals surface area contributed by atoms with Gasteiger partial charge in [0.1, 0.15) is 12.0 Å². The van der Waals surface area contributed by atoms with E-state index in [1.807, 2.05) is 12.4 Å². The Balaban J connectivity index is 1.59.